The molecular formula is C26H33N3O10S. The van der Waals surface area contributed by atoms with Gasteiger partial charge in [0.05, 0.1) is 53.7 Å². The Balaban J connectivity index is 1.53. The molecule has 2 aromatic rings. The van der Waals surface area contributed by atoms with E-state index in [4.69, 9.17) is 19.0 Å². The fraction of sp³-hybridized carbons (Fsp3) is 0.500. The van der Waals surface area contributed by atoms with Crippen LogP contribution in [-0.4, -0.2) is 79.4 Å². The van der Waals surface area contributed by atoms with Crippen molar-refractivity contribution in [1.82, 2.24) is 9.79 Å². The Morgan fingerprint density at radius 2 is 1.95 bits per heavy atom. The van der Waals surface area contributed by atoms with Gasteiger partial charge in [-0.1, -0.05) is 40.9 Å². The molecule has 2 fully saturated rings. The molecular weight excluding hydrogens is 546 g/mol. The molecule has 0 radical (unpaired) electrons. The number of hydrogen-bond acceptors (Lipinski definition) is 10. The third-order valence-corrected chi connectivity index (χ3v) is 8.19. The zero-order valence-electron chi connectivity index (χ0n) is 22.1. The average molecular weight is 580 g/mol. The lowest BCUT2D eigenvalue weighted by atomic mass is 10.0. The molecule has 218 valence electrons. The average Bonchev–Trinajstić information content (AvgIpc) is 3.53. The Morgan fingerprint density at radius 3 is 2.65 bits per heavy atom. The maximum atomic E-state index is 13.4. The first-order valence-electron chi connectivity index (χ1n) is 12.9. The second kappa shape index (κ2) is 13.0. The number of alkyl carbamates (subject to hydrolysis) is 1. The number of rotatable bonds is 12. The highest BCUT2D eigenvalue weighted by atomic mass is 32.2. The molecule has 5 atom stereocenters. The number of aliphatic hydroxyl groups is 1. The van der Waals surface area contributed by atoms with Crippen LogP contribution in [-0.2, 0) is 35.5 Å². The highest BCUT2D eigenvalue weighted by Crippen LogP contribution is 2.33. The third kappa shape index (κ3) is 7.33. The van der Waals surface area contributed by atoms with Gasteiger partial charge in [0.15, 0.2) is 6.29 Å². The minimum Gasteiger partial charge on any atom is -0.443 e. The summed E-state index contributed by atoms with van der Waals surface area (Å²) >= 11 is 0. The van der Waals surface area contributed by atoms with Gasteiger partial charge in [0.25, 0.3) is 15.7 Å². The summed E-state index contributed by atoms with van der Waals surface area (Å²) in [4.78, 5) is 28.6. The molecule has 2 aliphatic heterocycles. The third-order valence-electron chi connectivity index (χ3n) is 6.57. The smallest absolute Gasteiger partial charge is 0.407 e. The number of sulfonamides is 1. The normalized spacial score (nSPS) is 22.2. The van der Waals surface area contributed by atoms with E-state index in [1.165, 1.54) is 18.2 Å². The van der Waals surface area contributed by atoms with Crippen molar-refractivity contribution in [3.8, 4) is 0 Å². The summed E-state index contributed by atoms with van der Waals surface area (Å²) in [6, 6.07) is 12.6. The van der Waals surface area contributed by atoms with Gasteiger partial charge in [-0.25, -0.2) is 13.2 Å². The van der Waals surface area contributed by atoms with E-state index in [9.17, 15) is 28.4 Å². The standard InChI is InChI=1S/C26H33N3O10S/c1-17(2)39-28(40(34,35)20-10-6-9-19(14-20)29(32)33)15-23(30)22(13-18-7-4-3-5-8-18)27-26(31)38-24-16-37-25-21(24)11-12-36-25/h3-10,14,17,21-25,30H,11-13,15-16H2,1-2H3,(H,27,31)/t21?,22-,23?,24?,25?/m0/s1. The number of non-ortho nitro benzene ring substituents is 1. The Kier molecular flexibility index (Phi) is 9.71. The number of aliphatic hydroxyl groups excluding tert-OH is 1. The Morgan fingerprint density at radius 1 is 1.20 bits per heavy atom. The van der Waals surface area contributed by atoms with Crippen molar-refractivity contribution in [3.63, 3.8) is 0 Å². The van der Waals surface area contributed by atoms with E-state index in [2.05, 4.69) is 5.32 Å². The molecule has 0 bridgehead atoms. The molecule has 2 aliphatic rings. The maximum Gasteiger partial charge on any atom is 0.407 e. The van der Waals surface area contributed by atoms with Crippen LogP contribution in [0.2, 0.25) is 0 Å². The number of fused-ring (bicyclic) bond motifs is 1. The fourth-order valence-electron chi connectivity index (χ4n) is 4.61. The van der Waals surface area contributed by atoms with Crippen molar-refractivity contribution in [1.29, 1.82) is 0 Å². The van der Waals surface area contributed by atoms with E-state index in [0.717, 1.165) is 11.6 Å². The molecule has 4 unspecified atom stereocenters. The summed E-state index contributed by atoms with van der Waals surface area (Å²) in [5, 5.41) is 25.1. The van der Waals surface area contributed by atoms with Crippen LogP contribution in [0.1, 0.15) is 25.8 Å². The molecule has 2 heterocycles. The number of hydrogen-bond donors (Lipinski definition) is 2. The number of nitro benzene ring substituents is 1. The predicted octanol–water partition coefficient (Wildman–Crippen LogP) is 2.39. The van der Waals surface area contributed by atoms with E-state index < -0.39 is 63.9 Å². The highest BCUT2D eigenvalue weighted by Gasteiger charge is 2.44. The number of carbonyl (C=O) groups is 1. The van der Waals surface area contributed by atoms with Gasteiger partial charge in [-0.15, -0.1) is 0 Å². The summed E-state index contributed by atoms with van der Waals surface area (Å²) in [7, 11) is -4.44. The van der Waals surface area contributed by atoms with E-state index in [1.54, 1.807) is 38.1 Å². The van der Waals surface area contributed by atoms with Gasteiger partial charge in [-0.3, -0.25) is 15.0 Å². The molecule has 0 spiro atoms. The fourth-order valence-corrected chi connectivity index (χ4v) is 6.00. The Bertz CT molecular complexity index is 1280. The summed E-state index contributed by atoms with van der Waals surface area (Å²) < 4.78 is 44.1. The van der Waals surface area contributed by atoms with Crippen molar-refractivity contribution in [3.05, 3.63) is 70.3 Å². The van der Waals surface area contributed by atoms with Crippen LogP contribution < -0.4 is 5.32 Å². The molecule has 40 heavy (non-hydrogen) atoms. The van der Waals surface area contributed by atoms with Crippen molar-refractivity contribution in [2.45, 2.75) is 62.2 Å². The predicted molar refractivity (Wildman–Crippen MR) is 140 cm³/mol. The second-order valence-corrected chi connectivity index (χ2v) is 11.7. The molecule has 2 saturated heterocycles. The highest BCUT2D eigenvalue weighted by molar-refractivity contribution is 7.89. The number of nitrogens with zero attached hydrogens (tertiary/aromatic N) is 2. The Hall–Kier alpha value is -3.14. The van der Waals surface area contributed by atoms with Crippen LogP contribution in [0.5, 0.6) is 0 Å². The van der Waals surface area contributed by atoms with Crippen molar-refractivity contribution < 1.29 is 42.3 Å². The van der Waals surface area contributed by atoms with Gasteiger partial charge in [-0.05, 0) is 38.3 Å². The van der Waals surface area contributed by atoms with Gasteiger partial charge in [0.1, 0.15) is 6.10 Å². The minimum absolute atomic E-state index is 0.0850. The summed E-state index contributed by atoms with van der Waals surface area (Å²) in [6.45, 7) is 3.32. The first kappa shape index (κ1) is 29.8. The lowest BCUT2D eigenvalue weighted by Gasteiger charge is -2.30. The van der Waals surface area contributed by atoms with Gasteiger partial charge in [0, 0.05) is 12.1 Å². The van der Waals surface area contributed by atoms with Crippen LogP contribution >= 0.6 is 0 Å². The first-order valence-corrected chi connectivity index (χ1v) is 14.3. The molecule has 2 aromatic carbocycles. The summed E-state index contributed by atoms with van der Waals surface area (Å²) in [5.74, 6) is -0.0850. The quantitative estimate of drug-likeness (QED) is 0.281. The van der Waals surface area contributed by atoms with Crippen LogP contribution in [0, 0.1) is 16.0 Å². The molecule has 0 aliphatic carbocycles. The molecule has 13 nitrogen and oxygen atoms in total. The lowest BCUT2D eigenvalue weighted by molar-refractivity contribution is -0.385. The van der Waals surface area contributed by atoms with Crippen LogP contribution in [0.4, 0.5) is 10.5 Å². The second-order valence-electron chi connectivity index (χ2n) is 9.88. The monoisotopic (exact) mass is 579 g/mol. The number of nitrogens with one attached hydrogen (secondary N) is 1. The zero-order chi connectivity index (χ0) is 28.9. The number of benzene rings is 2. The van der Waals surface area contributed by atoms with Gasteiger partial charge >= 0.3 is 6.09 Å². The largest absolute Gasteiger partial charge is 0.443 e. The summed E-state index contributed by atoms with van der Waals surface area (Å²) in [6.07, 6.45) is -2.95. The minimum atomic E-state index is -4.44. The topological polar surface area (TPSA) is 167 Å². The maximum absolute atomic E-state index is 13.4. The molecule has 1 amide bonds. The Labute approximate surface area is 232 Å². The number of amides is 1. The van der Waals surface area contributed by atoms with Crippen molar-refractivity contribution in [2.75, 3.05) is 19.8 Å². The number of nitro groups is 1. The van der Waals surface area contributed by atoms with E-state index in [1.807, 2.05) is 6.07 Å². The van der Waals surface area contributed by atoms with Gasteiger partial charge in [0.2, 0.25) is 0 Å². The number of hydroxylamine groups is 1. The summed E-state index contributed by atoms with van der Waals surface area (Å²) in [5.41, 5.74) is 0.362. The molecule has 0 saturated carbocycles. The number of carbonyl (C=O) groups excluding carboxylic acids is 1. The SMILES string of the molecule is CC(C)ON(CC(O)[C@H](Cc1ccccc1)NC(=O)OC1COC2OCCC12)S(=O)(=O)c1cccc([N+](=O)[O-])c1. The van der Waals surface area contributed by atoms with Crippen LogP contribution in [0.3, 0.4) is 0 Å². The van der Waals surface area contributed by atoms with Gasteiger partial charge in [-0.2, -0.15) is 0 Å². The number of ether oxygens (including phenoxy) is 3. The van der Waals surface area contributed by atoms with E-state index in [0.29, 0.717) is 17.5 Å². The van der Waals surface area contributed by atoms with E-state index in [-0.39, 0.29) is 23.8 Å². The van der Waals surface area contributed by atoms with Crippen LogP contribution in [0.15, 0.2) is 59.5 Å². The molecule has 2 N–H and O–H groups in total. The van der Waals surface area contributed by atoms with Crippen LogP contribution in [0.25, 0.3) is 0 Å². The van der Waals surface area contributed by atoms with Gasteiger partial charge < -0.3 is 24.6 Å². The molecule has 0 aromatic heterocycles. The zero-order valence-corrected chi connectivity index (χ0v) is 22.9. The lowest BCUT2D eigenvalue weighted by Crippen LogP contribution is -2.51. The van der Waals surface area contributed by atoms with Crippen molar-refractivity contribution >= 4 is 21.8 Å². The first-order chi connectivity index (χ1) is 19.0. The molecule has 4 rings (SSSR count). The molecule has 14 heteroatoms. The van der Waals surface area contributed by atoms with E-state index >= 15 is 0 Å². The van der Waals surface area contributed by atoms with Crippen molar-refractivity contribution in [2.24, 2.45) is 5.92 Å².